The molecule has 0 aromatic carbocycles. The molecule has 1 saturated carbocycles. The number of hydrogen-bond acceptors (Lipinski definition) is 3. The first-order chi connectivity index (χ1) is 7.00. The van der Waals surface area contributed by atoms with Crippen LogP contribution in [0.2, 0.25) is 0 Å². The SMILES string of the molecule is CC(C)[C@@H]1CCC(=O)C[C@@H]1OCC(=O)O. The first kappa shape index (κ1) is 12.2. The second-order valence-electron chi connectivity index (χ2n) is 4.43. The molecule has 1 rings (SSSR count). The summed E-state index contributed by atoms with van der Waals surface area (Å²) in [6, 6.07) is 0. The second-order valence-corrected chi connectivity index (χ2v) is 4.43. The molecule has 0 saturated heterocycles. The van der Waals surface area contributed by atoms with Gasteiger partial charge in [0.25, 0.3) is 0 Å². The van der Waals surface area contributed by atoms with E-state index < -0.39 is 5.97 Å². The van der Waals surface area contributed by atoms with Crippen LogP contribution in [-0.2, 0) is 14.3 Å². The number of carbonyl (C=O) groups is 2. The van der Waals surface area contributed by atoms with Gasteiger partial charge in [0.1, 0.15) is 12.4 Å². The van der Waals surface area contributed by atoms with Crippen molar-refractivity contribution in [1.29, 1.82) is 0 Å². The van der Waals surface area contributed by atoms with Gasteiger partial charge in [-0.1, -0.05) is 13.8 Å². The van der Waals surface area contributed by atoms with Crippen LogP contribution in [0.1, 0.15) is 33.1 Å². The van der Waals surface area contributed by atoms with E-state index in [-0.39, 0.29) is 18.5 Å². The van der Waals surface area contributed by atoms with Crippen molar-refractivity contribution in [2.75, 3.05) is 6.61 Å². The summed E-state index contributed by atoms with van der Waals surface area (Å²) in [6.07, 6.45) is 1.59. The fourth-order valence-corrected chi connectivity index (χ4v) is 2.11. The lowest BCUT2D eigenvalue weighted by molar-refractivity contribution is -0.149. The van der Waals surface area contributed by atoms with Crippen LogP contribution in [0.25, 0.3) is 0 Å². The van der Waals surface area contributed by atoms with Crippen molar-refractivity contribution in [1.82, 2.24) is 0 Å². The van der Waals surface area contributed by atoms with E-state index in [1.54, 1.807) is 0 Å². The molecule has 86 valence electrons. The number of aliphatic carboxylic acids is 1. The Morgan fingerprint density at radius 3 is 2.80 bits per heavy atom. The van der Waals surface area contributed by atoms with Crippen LogP contribution < -0.4 is 0 Å². The number of carbonyl (C=O) groups excluding carboxylic acids is 1. The van der Waals surface area contributed by atoms with Gasteiger partial charge >= 0.3 is 5.97 Å². The van der Waals surface area contributed by atoms with Crippen molar-refractivity contribution in [2.45, 2.75) is 39.2 Å². The maximum atomic E-state index is 11.3. The largest absolute Gasteiger partial charge is 0.480 e. The summed E-state index contributed by atoms with van der Waals surface area (Å²) in [5, 5.41) is 8.52. The highest BCUT2D eigenvalue weighted by Crippen LogP contribution is 2.30. The molecule has 15 heavy (non-hydrogen) atoms. The lowest BCUT2D eigenvalue weighted by Crippen LogP contribution is -2.36. The van der Waals surface area contributed by atoms with E-state index in [4.69, 9.17) is 9.84 Å². The fraction of sp³-hybridized carbons (Fsp3) is 0.818. The summed E-state index contributed by atoms with van der Waals surface area (Å²) in [5.41, 5.74) is 0. The van der Waals surface area contributed by atoms with Crippen molar-refractivity contribution in [3.05, 3.63) is 0 Å². The normalized spacial score (nSPS) is 27.0. The van der Waals surface area contributed by atoms with Gasteiger partial charge in [0.2, 0.25) is 0 Å². The molecular formula is C11H18O4. The number of rotatable bonds is 4. The van der Waals surface area contributed by atoms with Crippen LogP contribution in [0.15, 0.2) is 0 Å². The van der Waals surface area contributed by atoms with Gasteiger partial charge in [-0.05, 0) is 18.3 Å². The van der Waals surface area contributed by atoms with E-state index >= 15 is 0 Å². The van der Waals surface area contributed by atoms with E-state index in [0.717, 1.165) is 6.42 Å². The maximum absolute atomic E-state index is 11.3. The van der Waals surface area contributed by atoms with E-state index in [9.17, 15) is 9.59 Å². The number of carboxylic acids is 1. The molecule has 1 N–H and O–H groups in total. The van der Waals surface area contributed by atoms with Gasteiger partial charge in [0.15, 0.2) is 0 Å². The Morgan fingerprint density at radius 1 is 1.60 bits per heavy atom. The molecule has 1 aliphatic carbocycles. The molecule has 0 aromatic rings. The zero-order valence-electron chi connectivity index (χ0n) is 9.23. The van der Waals surface area contributed by atoms with Gasteiger partial charge < -0.3 is 9.84 Å². The number of Topliss-reactive ketones (excluding diaryl/α,β-unsaturated/α-hetero) is 1. The Morgan fingerprint density at radius 2 is 2.27 bits per heavy atom. The average molecular weight is 214 g/mol. The third-order valence-electron chi connectivity index (χ3n) is 2.94. The van der Waals surface area contributed by atoms with Crippen LogP contribution >= 0.6 is 0 Å². The predicted molar refractivity (Wildman–Crippen MR) is 54.6 cm³/mol. The average Bonchev–Trinajstić information content (AvgIpc) is 2.14. The topological polar surface area (TPSA) is 63.6 Å². The molecular weight excluding hydrogens is 196 g/mol. The molecule has 0 heterocycles. The van der Waals surface area contributed by atoms with Crippen LogP contribution in [0.3, 0.4) is 0 Å². The summed E-state index contributed by atoms with van der Waals surface area (Å²) in [5.74, 6) is -0.0586. The molecule has 0 aliphatic heterocycles. The summed E-state index contributed by atoms with van der Waals surface area (Å²) < 4.78 is 5.27. The zero-order chi connectivity index (χ0) is 11.4. The standard InChI is InChI=1S/C11H18O4/c1-7(2)9-4-3-8(12)5-10(9)15-6-11(13)14/h7,9-10H,3-6H2,1-2H3,(H,13,14)/t9-,10-/m0/s1. The second kappa shape index (κ2) is 5.26. The van der Waals surface area contributed by atoms with Crippen molar-refractivity contribution in [3.8, 4) is 0 Å². The molecule has 0 aromatic heterocycles. The minimum atomic E-state index is -0.976. The molecule has 0 spiro atoms. The highest BCUT2D eigenvalue weighted by molar-refractivity contribution is 5.79. The summed E-state index contributed by atoms with van der Waals surface area (Å²) in [7, 11) is 0. The fourth-order valence-electron chi connectivity index (χ4n) is 2.11. The monoisotopic (exact) mass is 214 g/mol. The highest BCUT2D eigenvalue weighted by atomic mass is 16.5. The van der Waals surface area contributed by atoms with Gasteiger partial charge in [-0.3, -0.25) is 4.79 Å². The van der Waals surface area contributed by atoms with Gasteiger partial charge in [-0.2, -0.15) is 0 Å². The maximum Gasteiger partial charge on any atom is 0.329 e. The van der Waals surface area contributed by atoms with Crippen LogP contribution in [-0.4, -0.2) is 29.6 Å². The summed E-state index contributed by atoms with van der Waals surface area (Å²) in [4.78, 5) is 21.6. The first-order valence-electron chi connectivity index (χ1n) is 5.35. The summed E-state index contributed by atoms with van der Waals surface area (Å²) in [6.45, 7) is 3.86. The Kier molecular flexibility index (Phi) is 4.27. The molecule has 1 aliphatic rings. The van der Waals surface area contributed by atoms with Crippen LogP contribution in [0.4, 0.5) is 0 Å². The predicted octanol–water partition coefficient (Wildman–Crippen LogP) is 1.48. The molecule has 4 heteroatoms. The Hall–Kier alpha value is -0.900. The van der Waals surface area contributed by atoms with Gasteiger partial charge in [-0.15, -0.1) is 0 Å². The molecule has 1 fully saturated rings. The van der Waals surface area contributed by atoms with Crippen molar-refractivity contribution in [2.24, 2.45) is 11.8 Å². The third kappa shape index (κ3) is 3.63. The molecule has 0 unspecified atom stereocenters. The van der Waals surface area contributed by atoms with Crippen molar-refractivity contribution in [3.63, 3.8) is 0 Å². The Labute approximate surface area is 89.6 Å². The third-order valence-corrected chi connectivity index (χ3v) is 2.94. The minimum absolute atomic E-state index is 0.183. The molecule has 0 bridgehead atoms. The lowest BCUT2D eigenvalue weighted by atomic mass is 9.79. The van der Waals surface area contributed by atoms with Gasteiger partial charge in [-0.25, -0.2) is 4.79 Å². The quantitative estimate of drug-likeness (QED) is 0.770. The molecule has 4 nitrogen and oxygen atoms in total. The number of hydrogen-bond donors (Lipinski definition) is 1. The number of ether oxygens (including phenoxy) is 1. The molecule has 2 atom stereocenters. The molecule has 0 radical (unpaired) electrons. The van der Waals surface area contributed by atoms with Gasteiger partial charge in [0, 0.05) is 12.8 Å². The smallest absolute Gasteiger partial charge is 0.329 e. The van der Waals surface area contributed by atoms with E-state index in [2.05, 4.69) is 13.8 Å². The van der Waals surface area contributed by atoms with Gasteiger partial charge in [0.05, 0.1) is 6.10 Å². The molecule has 0 amide bonds. The van der Waals surface area contributed by atoms with Crippen molar-refractivity contribution >= 4 is 11.8 Å². The van der Waals surface area contributed by atoms with E-state index in [1.165, 1.54) is 0 Å². The van der Waals surface area contributed by atoms with Crippen LogP contribution in [0.5, 0.6) is 0 Å². The Bertz CT molecular complexity index is 247. The van der Waals surface area contributed by atoms with E-state index in [0.29, 0.717) is 24.7 Å². The summed E-state index contributed by atoms with van der Waals surface area (Å²) >= 11 is 0. The zero-order valence-corrected chi connectivity index (χ0v) is 9.23. The van der Waals surface area contributed by atoms with Crippen molar-refractivity contribution < 1.29 is 19.4 Å². The lowest BCUT2D eigenvalue weighted by Gasteiger charge is -2.33. The van der Waals surface area contributed by atoms with E-state index in [1.807, 2.05) is 0 Å². The highest BCUT2D eigenvalue weighted by Gasteiger charge is 2.32. The first-order valence-corrected chi connectivity index (χ1v) is 5.35. The Balaban J connectivity index is 2.53. The number of ketones is 1. The van der Waals surface area contributed by atoms with Crippen LogP contribution in [0, 0.1) is 11.8 Å². The number of carboxylic acid groups (broad SMARTS) is 1. The minimum Gasteiger partial charge on any atom is -0.480 e.